The normalized spacial score (nSPS) is 15.0. The molecular formula is C9H20Cl3NO3. The Morgan fingerprint density at radius 1 is 1.12 bits per heavy atom. The second kappa shape index (κ2) is 10.8. The van der Waals surface area contributed by atoms with E-state index in [0.717, 1.165) is 0 Å². The van der Waals surface area contributed by atoms with E-state index in [-0.39, 0.29) is 19.1 Å². The average Bonchev–Trinajstić information content (AvgIpc) is 2.00. The third kappa shape index (κ3) is 24.1. The van der Waals surface area contributed by atoms with Gasteiger partial charge in [0.25, 0.3) is 0 Å². The lowest BCUT2D eigenvalue weighted by molar-refractivity contribution is 0.186. The molecular weight excluding hydrogens is 276 g/mol. The second-order valence-corrected chi connectivity index (χ2v) is 5.96. The average molecular weight is 297 g/mol. The van der Waals surface area contributed by atoms with E-state index in [9.17, 15) is 0 Å². The monoisotopic (exact) mass is 295 g/mol. The summed E-state index contributed by atoms with van der Waals surface area (Å²) in [6.07, 6.45) is -0.693. The van der Waals surface area contributed by atoms with Crippen LogP contribution in [0, 0.1) is 0 Å². The number of rotatable bonds is 5. The van der Waals surface area contributed by atoms with Crippen molar-refractivity contribution in [3.8, 4) is 0 Å². The van der Waals surface area contributed by atoms with Crippen LogP contribution in [-0.4, -0.2) is 51.0 Å². The lowest BCUT2D eigenvalue weighted by Gasteiger charge is -2.11. The summed E-state index contributed by atoms with van der Waals surface area (Å²) in [5.41, 5.74) is 0. The Hall–Kier alpha value is 0.710. The molecule has 0 saturated carbocycles. The summed E-state index contributed by atoms with van der Waals surface area (Å²) < 4.78 is -1.31. The minimum atomic E-state index is -1.31. The molecule has 0 fully saturated rings. The van der Waals surface area contributed by atoms with Crippen molar-refractivity contribution in [1.29, 1.82) is 0 Å². The van der Waals surface area contributed by atoms with Crippen molar-refractivity contribution in [2.45, 2.75) is 36.3 Å². The summed E-state index contributed by atoms with van der Waals surface area (Å²) in [4.78, 5) is 0. The zero-order valence-electron chi connectivity index (χ0n) is 9.46. The molecule has 0 amide bonds. The first kappa shape index (κ1) is 19.1. The summed E-state index contributed by atoms with van der Waals surface area (Å²) in [7, 11) is 0. The van der Waals surface area contributed by atoms with Crippen LogP contribution in [0.5, 0.6) is 0 Å². The molecule has 0 rings (SSSR count). The van der Waals surface area contributed by atoms with E-state index in [1.807, 2.05) is 0 Å². The van der Waals surface area contributed by atoms with E-state index in [1.54, 1.807) is 13.8 Å². The number of aliphatic hydroxyl groups excluding tert-OH is 3. The molecule has 2 atom stereocenters. The molecule has 0 aliphatic rings. The number of alkyl halides is 3. The fraction of sp³-hybridized carbons (Fsp3) is 1.00. The summed E-state index contributed by atoms with van der Waals surface area (Å²) in [6.45, 7) is 4.52. The molecule has 0 bridgehead atoms. The standard InChI is InChI=1S/C5H13NO2.C4H7Cl3O/c1-5(8)4-6-2-3-7;1-3(8)2-4(5,6)7/h5-8H,2-4H2,1H3;3,8H,2H2,1H3. The van der Waals surface area contributed by atoms with Gasteiger partial charge in [-0.05, 0) is 13.8 Å². The Balaban J connectivity index is 0. The quantitative estimate of drug-likeness (QED) is 0.452. The largest absolute Gasteiger partial charge is 0.395 e. The smallest absolute Gasteiger partial charge is 0.193 e. The molecule has 4 N–H and O–H groups in total. The van der Waals surface area contributed by atoms with Gasteiger partial charge in [-0.2, -0.15) is 0 Å². The molecule has 16 heavy (non-hydrogen) atoms. The molecule has 0 aliphatic heterocycles. The van der Waals surface area contributed by atoms with Crippen molar-refractivity contribution in [1.82, 2.24) is 5.32 Å². The third-order valence-electron chi connectivity index (χ3n) is 1.26. The molecule has 100 valence electrons. The maximum Gasteiger partial charge on any atom is 0.193 e. The van der Waals surface area contributed by atoms with Gasteiger partial charge >= 0.3 is 0 Å². The summed E-state index contributed by atoms with van der Waals surface area (Å²) in [6, 6.07) is 0. The van der Waals surface area contributed by atoms with E-state index in [4.69, 9.17) is 50.1 Å². The molecule has 0 aromatic heterocycles. The zero-order valence-corrected chi connectivity index (χ0v) is 11.7. The van der Waals surface area contributed by atoms with Gasteiger partial charge in [-0.1, -0.05) is 34.8 Å². The highest BCUT2D eigenvalue weighted by Crippen LogP contribution is 2.30. The van der Waals surface area contributed by atoms with Gasteiger partial charge in [0.15, 0.2) is 3.79 Å². The Morgan fingerprint density at radius 3 is 1.81 bits per heavy atom. The van der Waals surface area contributed by atoms with E-state index in [1.165, 1.54) is 0 Å². The molecule has 7 heteroatoms. The maximum absolute atomic E-state index is 8.63. The van der Waals surface area contributed by atoms with Crippen LogP contribution in [0.3, 0.4) is 0 Å². The van der Waals surface area contributed by atoms with Gasteiger partial charge < -0.3 is 20.6 Å². The number of aliphatic hydroxyl groups is 3. The van der Waals surface area contributed by atoms with Crippen LogP contribution < -0.4 is 5.32 Å². The number of hydrogen-bond acceptors (Lipinski definition) is 4. The molecule has 0 radical (unpaired) electrons. The molecule has 0 spiro atoms. The lowest BCUT2D eigenvalue weighted by atomic mass is 10.3. The summed E-state index contributed by atoms with van der Waals surface area (Å²) in [5, 5.41) is 28.3. The van der Waals surface area contributed by atoms with E-state index >= 15 is 0 Å². The highest BCUT2D eigenvalue weighted by atomic mass is 35.6. The minimum Gasteiger partial charge on any atom is -0.395 e. The van der Waals surface area contributed by atoms with Crippen molar-refractivity contribution < 1.29 is 15.3 Å². The fourth-order valence-corrected chi connectivity index (χ4v) is 1.39. The number of halogens is 3. The Labute approximate surface area is 112 Å². The van der Waals surface area contributed by atoms with Crippen molar-refractivity contribution >= 4 is 34.8 Å². The molecule has 0 aromatic rings. The van der Waals surface area contributed by atoms with E-state index in [0.29, 0.717) is 13.1 Å². The first-order chi connectivity index (χ1) is 7.19. The molecule has 0 aromatic carbocycles. The maximum atomic E-state index is 8.63. The lowest BCUT2D eigenvalue weighted by Crippen LogP contribution is -2.26. The predicted octanol–water partition coefficient (Wildman–Crippen LogP) is 1.08. The van der Waals surface area contributed by atoms with Gasteiger partial charge in [0.05, 0.1) is 18.8 Å². The number of hydrogen-bond donors (Lipinski definition) is 4. The SMILES string of the molecule is CC(O)CC(Cl)(Cl)Cl.CC(O)CNCCO. The number of nitrogens with one attached hydrogen (secondary N) is 1. The van der Waals surface area contributed by atoms with Crippen LogP contribution in [0.25, 0.3) is 0 Å². The van der Waals surface area contributed by atoms with Crippen molar-refractivity contribution in [2.24, 2.45) is 0 Å². The van der Waals surface area contributed by atoms with Crippen LogP contribution in [0.1, 0.15) is 20.3 Å². The van der Waals surface area contributed by atoms with Gasteiger partial charge in [0.2, 0.25) is 0 Å². The van der Waals surface area contributed by atoms with E-state index < -0.39 is 9.90 Å². The van der Waals surface area contributed by atoms with Gasteiger partial charge in [0.1, 0.15) is 0 Å². The zero-order chi connectivity index (χ0) is 13.2. The van der Waals surface area contributed by atoms with Gasteiger partial charge in [-0.15, -0.1) is 0 Å². The van der Waals surface area contributed by atoms with Crippen molar-refractivity contribution in [3.63, 3.8) is 0 Å². The second-order valence-electron chi connectivity index (χ2n) is 3.45. The third-order valence-corrected chi connectivity index (χ3v) is 1.72. The van der Waals surface area contributed by atoms with Crippen LogP contribution in [0.2, 0.25) is 0 Å². The highest BCUT2D eigenvalue weighted by Gasteiger charge is 2.21. The Morgan fingerprint density at radius 2 is 1.62 bits per heavy atom. The van der Waals surface area contributed by atoms with Crippen LogP contribution in [0.4, 0.5) is 0 Å². The van der Waals surface area contributed by atoms with Crippen molar-refractivity contribution in [3.05, 3.63) is 0 Å². The molecule has 0 heterocycles. The van der Waals surface area contributed by atoms with Crippen molar-refractivity contribution in [2.75, 3.05) is 19.7 Å². The predicted molar refractivity (Wildman–Crippen MR) is 68.2 cm³/mol. The minimum absolute atomic E-state index is 0.132. The topological polar surface area (TPSA) is 72.7 Å². The molecule has 0 aliphatic carbocycles. The summed E-state index contributed by atoms with van der Waals surface area (Å²) in [5.74, 6) is 0. The van der Waals surface area contributed by atoms with Crippen LogP contribution >= 0.6 is 34.8 Å². The first-order valence-corrected chi connectivity index (χ1v) is 6.07. The van der Waals surface area contributed by atoms with Crippen LogP contribution in [-0.2, 0) is 0 Å². The van der Waals surface area contributed by atoms with Crippen LogP contribution in [0.15, 0.2) is 0 Å². The fourth-order valence-electron chi connectivity index (χ4n) is 0.725. The van der Waals surface area contributed by atoms with Gasteiger partial charge in [-0.3, -0.25) is 0 Å². The van der Waals surface area contributed by atoms with E-state index in [2.05, 4.69) is 5.32 Å². The summed E-state index contributed by atoms with van der Waals surface area (Å²) >= 11 is 15.9. The Kier molecular flexibility index (Phi) is 12.9. The molecule has 4 nitrogen and oxygen atoms in total. The Bertz CT molecular complexity index is 151. The molecule has 0 saturated heterocycles. The van der Waals surface area contributed by atoms with Gasteiger partial charge in [0, 0.05) is 19.5 Å². The van der Waals surface area contributed by atoms with Gasteiger partial charge in [-0.25, -0.2) is 0 Å². The molecule has 2 unspecified atom stereocenters. The first-order valence-electron chi connectivity index (χ1n) is 4.93. The highest BCUT2D eigenvalue weighted by molar-refractivity contribution is 6.67.